The highest BCUT2D eigenvalue weighted by Crippen LogP contribution is 2.27. The van der Waals surface area contributed by atoms with Gasteiger partial charge >= 0.3 is 0 Å². The third kappa shape index (κ3) is 3.35. The molecule has 17 heavy (non-hydrogen) atoms. The van der Waals surface area contributed by atoms with E-state index in [-0.39, 0.29) is 6.61 Å². The van der Waals surface area contributed by atoms with Crippen molar-refractivity contribution in [3.8, 4) is 0 Å². The number of hydrogen-bond donors (Lipinski definition) is 2. The zero-order valence-corrected chi connectivity index (χ0v) is 11.1. The van der Waals surface area contributed by atoms with E-state index >= 15 is 0 Å². The molecule has 0 spiro atoms. The molecule has 1 saturated heterocycles. The second kappa shape index (κ2) is 6.05. The van der Waals surface area contributed by atoms with Crippen LogP contribution in [0.1, 0.15) is 12.0 Å². The molecule has 0 aliphatic carbocycles. The van der Waals surface area contributed by atoms with Crippen LogP contribution < -0.4 is 5.32 Å². The van der Waals surface area contributed by atoms with Gasteiger partial charge in [0.15, 0.2) is 0 Å². The molecule has 0 radical (unpaired) electrons. The van der Waals surface area contributed by atoms with E-state index in [1.165, 1.54) is 5.56 Å². The first-order chi connectivity index (χ1) is 8.20. The molecule has 0 aromatic heterocycles. The molecule has 1 aliphatic rings. The second-order valence-electron chi connectivity index (χ2n) is 4.65. The maximum Gasteiger partial charge on any atom is 0.0595 e. The summed E-state index contributed by atoms with van der Waals surface area (Å²) in [4.78, 5) is 0. The summed E-state index contributed by atoms with van der Waals surface area (Å²) in [7, 11) is 0. The van der Waals surface area contributed by atoms with Crippen LogP contribution in [0.2, 0.25) is 10.0 Å². The molecule has 1 aromatic rings. The number of halogens is 2. The average molecular weight is 274 g/mol. The SMILES string of the molecule is OC[C@@H]1CNCCC1Cc1ccc(Cl)c(Cl)c1. The van der Waals surface area contributed by atoms with Gasteiger partial charge in [0.25, 0.3) is 0 Å². The van der Waals surface area contributed by atoms with Crippen LogP contribution >= 0.6 is 23.2 Å². The van der Waals surface area contributed by atoms with Crippen LogP contribution in [0.15, 0.2) is 18.2 Å². The lowest BCUT2D eigenvalue weighted by molar-refractivity contribution is 0.145. The van der Waals surface area contributed by atoms with Gasteiger partial charge < -0.3 is 10.4 Å². The smallest absolute Gasteiger partial charge is 0.0595 e. The molecule has 1 unspecified atom stereocenters. The van der Waals surface area contributed by atoms with E-state index in [1.54, 1.807) is 0 Å². The van der Waals surface area contributed by atoms with Gasteiger partial charge in [-0.1, -0.05) is 29.3 Å². The Morgan fingerprint density at radius 1 is 1.24 bits per heavy atom. The van der Waals surface area contributed by atoms with Crippen molar-refractivity contribution >= 4 is 23.2 Å². The molecule has 2 N–H and O–H groups in total. The first-order valence-corrected chi connectivity index (χ1v) is 6.72. The lowest BCUT2D eigenvalue weighted by Gasteiger charge is -2.31. The minimum atomic E-state index is 0.249. The number of aliphatic hydroxyl groups excluding tert-OH is 1. The summed E-state index contributed by atoms with van der Waals surface area (Å²) in [6.45, 7) is 2.18. The maximum absolute atomic E-state index is 9.35. The fraction of sp³-hybridized carbons (Fsp3) is 0.538. The minimum Gasteiger partial charge on any atom is -0.396 e. The second-order valence-corrected chi connectivity index (χ2v) is 5.46. The number of piperidine rings is 1. The molecule has 1 fully saturated rings. The number of rotatable bonds is 3. The fourth-order valence-electron chi connectivity index (χ4n) is 2.43. The van der Waals surface area contributed by atoms with Gasteiger partial charge in [-0.15, -0.1) is 0 Å². The standard InChI is InChI=1S/C13H17Cl2NO/c14-12-2-1-9(6-13(12)15)5-10-3-4-16-7-11(10)8-17/h1-2,6,10-11,16-17H,3-5,7-8H2/t10?,11-/m0/s1. The van der Waals surface area contributed by atoms with Crippen molar-refractivity contribution in [1.29, 1.82) is 0 Å². The molecule has 94 valence electrons. The van der Waals surface area contributed by atoms with Crippen LogP contribution in [-0.4, -0.2) is 24.8 Å². The van der Waals surface area contributed by atoms with Crippen molar-refractivity contribution in [1.82, 2.24) is 5.32 Å². The molecular formula is C13H17Cl2NO. The van der Waals surface area contributed by atoms with E-state index in [2.05, 4.69) is 5.32 Å². The quantitative estimate of drug-likeness (QED) is 0.888. The van der Waals surface area contributed by atoms with Crippen molar-refractivity contribution in [3.63, 3.8) is 0 Å². The predicted molar refractivity (Wildman–Crippen MR) is 71.7 cm³/mol. The highest BCUT2D eigenvalue weighted by atomic mass is 35.5. The Bertz CT molecular complexity index is 384. The number of hydrogen-bond acceptors (Lipinski definition) is 2. The zero-order valence-electron chi connectivity index (χ0n) is 9.63. The largest absolute Gasteiger partial charge is 0.396 e. The zero-order chi connectivity index (χ0) is 12.3. The number of aliphatic hydroxyl groups is 1. The van der Waals surface area contributed by atoms with Crippen LogP contribution in [0.3, 0.4) is 0 Å². The minimum absolute atomic E-state index is 0.249. The molecule has 1 heterocycles. The summed E-state index contributed by atoms with van der Waals surface area (Å²) < 4.78 is 0. The summed E-state index contributed by atoms with van der Waals surface area (Å²) >= 11 is 11.9. The van der Waals surface area contributed by atoms with Crippen LogP contribution in [-0.2, 0) is 6.42 Å². The first kappa shape index (κ1) is 13.2. The van der Waals surface area contributed by atoms with E-state index in [4.69, 9.17) is 23.2 Å². The van der Waals surface area contributed by atoms with E-state index in [0.29, 0.717) is 21.9 Å². The molecule has 1 aromatic carbocycles. The topological polar surface area (TPSA) is 32.3 Å². The molecule has 0 amide bonds. The Balaban J connectivity index is 2.05. The molecule has 4 heteroatoms. The summed E-state index contributed by atoms with van der Waals surface area (Å²) in [6.07, 6.45) is 2.06. The summed E-state index contributed by atoms with van der Waals surface area (Å²) in [6, 6.07) is 5.79. The van der Waals surface area contributed by atoms with Crippen molar-refractivity contribution in [2.45, 2.75) is 12.8 Å². The van der Waals surface area contributed by atoms with Crippen LogP contribution in [0.25, 0.3) is 0 Å². The van der Waals surface area contributed by atoms with Crippen molar-refractivity contribution in [2.24, 2.45) is 11.8 Å². The van der Waals surface area contributed by atoms with Crippen LogP contribution in [0.5, 0.6) is 0 Å². The lowest BCUT2D eigenvalue weighted by Crippen LogP contribution is -2.39. The van der Waals surface area contributed by atoms with E-state index in [1.807, 2.05) is 18.2 Å². The third-order valence-electron chi connectivity index (χ3n) is 3.48. The first-order valence-electron chi connectivity index (χ1n) is 5.96. The predicted octanol–water partition coefficient (Wildman–Crippen LogP) is 2.75. The van der Waals surface area contributed by atoms with Crippen molar-refractivity contribution in [2.75, 3.05) is 19.7 Å². The molecule has 0 saturated carbocycles. The van der Waals surface area contributed by atoms with Gasteiger partial charge in [0.05, 0.1) is 10.0 Å². The molecular weight excluding hydrogens is 257 g/mol. The molecule has 0 bridgehead atoms. The monoisotopic (exact) mass is 273 g/mol. The lowest BCUT2D eigenvalue weighted by atomic mass is 9.82. The Hall–Kier alpha value is -0.280. The Morgan fingerprint density at radius 3 is 2.76 bits per heavy atom. The van der Waals surface area contributed by atoms with E-state index in [9.17, 15) is 5.11 Å². The third-order valence-corrected chi connectivity index (χ3v) is 4.22. The maximum atomic E-state index is 9.35. The Morgan fingerprint density at radius 2 is 2.06 bits per heavy atom. The highest BCUT2D eigenvalue weighted by Gasteiger charge is 2.24. The van der Waals surface area contributed by atoms with Gasteiger partial charge in [0.1, 0.15) is 0 Å². The average Bonchev–Trinajstić information content (AvgIpc) is 2.34. The van der Waals surface area contributed by atoms with Gasteiger partial charge in [-0.3, -0.25) is 0 Å². The van der Waals surface area contributed by atoms with Crippen LogP contribution in [0.4, 0.5) is 0 Å². The van der Waals surface area contributed by atoms with Gasteiger partial charge in [-0.05, 0) is 48.9 Å². The Labute approximate surface area is 112 Å². The van der Waals surface area contributed by atoms with Crippen molar-refractivity contribution in [3.05, 3.63) is 33.8 Å². The Kier molecular flexibility index (Phi) is 4.69. The van der Waals surface area contributed by atoms with Crippen LogP contribution in [0, 0.1) is 11.8 Å². The van der Waals surface area contributed by atoms with Gasteiger partial charge in [-0.2, -0.15) is 0 Å². The highest BCUT2D eigenvalue weighted by molar-refractivity contribution is 6.42. The molecule has 2 rings (SSSR count). The summed E-state index contributed by atoms with van der Waals surface area (Å²) in [5.74, 6) is 0.872. The number of nitrogens with one attached hydrogen (secondary N) is 1. The number of benzene rings is 1. The van der Waals surface area contributed by atoms with Gasteiger partial charge in [-0.25, -0.2) is 0 Å². The molecule has 2 nitrogen and oxygen atoms in total. The van der Waals surface area contributed by atoms with Gasteiger partial charge in [0, 0.05) is 13.2 Å². The normalized spacial score (nSPS) is 24.9. The molecule has 1 aliphatic heterocycles. The van der Waals surface area contributed by atoms with E-state index in [0.717, 1.165) is 25.9 Å². The van der Waals surface area contributed by atoms with E-state index < -0.39 is 0 Å². The molecule has 2 atom stereocenters. The van der Waals surface area contributed by atoms with Crippen molar-refractivity contribution < 1.29 is 5.11 Å². The fourth-order valence-corrected chi connectivity index (χ4v) is 2.75. The summed E-state index contributed by atoms with van der Waals surface area (Å²) in [5.41, 5.74) is 1.20. The summed E-state index contributed by atoms with van der Waals surface area (Å²) in [5, 5.41) is 13.9. The van der Waals surface area contributed by atoms with Gasteiger partial charge in [0.2, 0.25) is 0 Å².